The molecule has 1 amide bonds. The first-order valence-electron chi connectivity index (χ1n) is 9.34. The van der Waals surface area contributed by atoms with Gasteiger partial charge in [-0.1, -0.05) is 54.6 Å². The maximum Gasteiger partial charge on any atom is 0.255 e. The molecule has 3 aromatic rings. The van der Waals surface area contributed by atoms with Crippen LogP contribution in [0, 0.1) is 0 Å². The lowest BCUT2D eigenvalue weighted by atomic mass is 9.99. The number of amides is 1. The average Bonchev–Trinajstić information content (AvgIpc) is 2.73. The minimum Gasteiger partial charge on any atom is -0.322 e. The highest BCUT2D eigenvalue weighted by Gasteiger charge is 2.18. The van der Waals surface area contributed by atoms with E-state index in [9.17, 15) is 13.2 Å². The van der Waals surface area contributed by atoms with Crippen LogP contribution in [-0.4, -0.2) is 32.7 Å². The summed E-state index contributed by atoms with van der Waals surface area (Å²) >= 11 is 0. The van der Waals surface area contributed by atoms with Gasteiger partial charge in [-0.3, -0.25) is 4.79 Å². The van der Waals surface area contributed by atoms with Gasteiger partial charge in [0.25, 0.3) is 5.91 Å². The number of anilines is 1. The van der Waals surface area contributed by atoms with Crippen molar-refractivity contribution in [3.05, 3.63) is 95.6 Å². The van der Waals surface area contributed by atoms with Gasteiger partial charge in [0.2, 0.25) is 10.0 Å². The molecule has 0 unspecified atom stereocenters. The predicted octanol–water partition coefficient (Wildman–Crippen LogP) is 3.97. The predicted molar refractivity (Wildman–Crippen MR) is 116 cm³/mol. The number of benzene rings is 3. The van der Waals surface area contributed by atoms with Crippen molar-refractivity contribution in [1.82, 2.24) is 4.31 Å². The minimum absolute atomic E-state index is 0.137. The molecule has 0 spiro atoms. The lowest BCUT2D eigenvalue weighted by Crippen LogP contribution is -2.22. The van der Waals surface area contributed by atoms with Crippen LogP contribution in [0.25, 0.3) is 0 Å². The van der Waals surface area contributed by atoms with E-state index in [0.29, 0.717) is 11.3 Å². The van der Waals surface area contributed by atoms with Crippen LogP contribution < -0.4 is 5.32 Å². The molecule has 0 aliphatic carbocycles. The first-order valence-corrected chi connectivity index (χ1v) is 10.8. The average molecular weight is 409 g/mol. The van der Waals surface area contributed by atoms with Crippen LogP contribution in [0.5, 0.6) is 0 Å². The summed E-state index contributed by atoms with van der Waals surface area (Å²) in [5.41, 5.74) is 3.19. The number of aryl methyl sites for hydroxylation is 2. The van der Waals surface area contributed by atoms with Crippen molar-refractivity contribution < 1.29 is 13.2 Å². The highest BCUT2D eigenvalue weighted by Crippen LogP contribution is 2.20. The molecule has 0 aliphatic heterocycles. The fourth-order valence-corrected chi connectivity index (χ4v) is 3.98. The van der Waals surface area contributed by atoms with Gasteiger partial charge in [-0.05, 0) is 48.2 Å². The van der Waals surface area contributed by atoms with Gasteiger partial charge in [-0.15, -0.1) is 0 Å². The van der Waals surface area contributed by atoms with Gasteiger partial charge in [0, 0.05) is 25.3 Å². The number of carbonyl (C=O) groups is 1. The van der Waals surface area contributed by atoms with Gasteiger partial charge >= 0.3 is 0 Å². The van der Waals surface area contributed by atoms with E-state index in [1.807, 2.05) is 36.4 Å². The number of nitrogens with one attached hydrogen (secondary N) is 1. The van der Waals surface area contributed by atoms with Gasteiger partial charge in [-0.2, -0.15) is 0 Å². The first kappa shape index (κ1) is 20.8. The molecule has 0 aromatic heterocycles. The Hall–Kier alpha value is -2.96. The molecule has 0 atom stereocenters. The van der Waals surface area contributed by atoms with Crippen molar-refractivity contribution in [2.75, 3.05) is 19.4 Å². The SMILES string of the molecule is CN(C)S(=O)(=O)c1cccc(NC(=O)c2ccccc2CCc2ccccc2)c1. The zero-order chi connectivity index (χ0) is 20.9. The second-order valence-corrected chi connectivity index (χ2v) is 9.06. The van der Waals surface area contributed by atoms with Crippen molar-refractivity contribution in [2.45, 2.75) is 17.7 Å². The molecule has 6 heteroatoms. The van der Waals surface area contributed by atoms with E-state index in [1.54, 1.807) is 18.2 Å². The van der Waals surface area contributed by atoms with Crippen LogP contribution >= 0.6 is 0 Å². The lowest BCUT2D eigenvalue weighted by molar-refractivity contribution is 0.102. The second-order valence-electron chi connectivity index (χ2n) is 6.91. The normalized spacial score (nSPS) is 11.4. The number of hydrogen-bond donors (Lipinski definition) is 1. The molecule has 29 heavy (non-hydrogen) atoms. The molecule has 0 fully saturated rings. The monoisotopic (exact) mass is 408 g/mol. The molecule has 0 aliphatic rings. The maximum atomic E-state index is 12.9. The molecule has 1 N–H and O–H groups in total. The molecule has 3 aromatic carbocycles. The van der Waals surface area contributed by atoms with E-state index in [2.05, 4.69) is 17.4 Å². The van der Waals surface area contributed by atoms with Crippen molar-refractivity contribution in [3.63, 3.8) is 0 Å². The molecule has 0 saturated heterocycles. The van der Waals surface area contributed by atoms with E-state index in [1.165, 1.54) is 31.8 Å². The van der Waals surface area contributed by atoms with E-state index < -0.39 is 10.0 Å². The van der Waals surface area contributed by atoms with Crippen molar-refractivity contribution in [3.8, 4) is 0 Å². The quantitative estimate of drug-likeness (QED) is 0.643. The number of carbonyl (C=O) groups excluding carboxylic acids is 1. The summed E-state index contributed by atoms with van der Waals surface area (Å²) < 4.78 is 25.8. The Balaban J connectivity index is 1.78. The summed E-state index contributed by atoms with van der Waals surface area (Å²) in [6.45, 7) is 0. The minimum atomic E-state index is -3.57. The Morgan fingerprint density at radius 2 is 1.55 bits per heavy atom. The highest BCUT2D eigenvalue weighted by atomic mass is 32.2. The highest BCUT2D eigenvalue weighted by molar-refractivity contribution is 7.89. The summed E-state index contributed by atoms with van der Waals surface area (Å²) in [6.07, 6.45) is 1.57. The topological polar surface area (TPSA) is 66.5 Å². The van der Waals surface area contributed by atoms with E-state index in [-0.39, 0.29) is 10.8 Å². The van der Waals surface area contributed by atoms with Crippen LogP contribution in [0.4, 0.5) is 5.69 Å². The van der Waals surface area contributed by atoms with Crippen LogP contribution in [0.15, 0.2) is 83.8 Å². The molecule has 0 saturated carbocycles. The van der Waals surface area contributed by atoms with E-state index >= 15 is 0 Å². The van der Waals surface area contributed by atoms with Crippen LogP contribution in [-0.2, 0) is 22.9 Å². The van der Waals surface area contributed by atoms with Gasteiger partial charge in [-0.25, -0.2) is 12.7 Å². The summed E-state index contributed by atoms with van der Waals surface area (Å²) in [5.74, 6) is -0.256. The lowest BCUT2D eigenvalue weighted by Gasteiger charge is -2.13. The summed E-state index contributed by atoms with van der Waals surface area (Å²) in [6, 6.07) is 23.9. The third-order valence-electron chi connectivity index (χ3n) is 4.66. The number of hydrogen-bond acceptors (Lipinski definition) is 3. The Labute approximate surface area is 172 Å². The summed E-state index contributed by atoms with van der Waals surface area (Å²) in [5, 5.41) is 2.83. The molecule has 5 nitrogen and oxygen atoms in total. The van der Waals surface area contributed by atoms with E-state index in [0.717, 1.165) is 22.7 Å². The summed E-state index contributed by atoms with van der Waals surface area (Å²) in [4.78, 5) is 13.0. The molecule has 150 valence electrons. The molecule has 0 bridgehead atoms. The molecular weight excluding hydrogens is 384 g/mol. The molecular formula is C23H24N2O3S. The zero-order valence-electron chi connectivity index (χ0n) is 16.5. The smallest absolute Gasteiger partial charge is 0.255 e. The van der Waals surface area contributed by atoms with Crippen LogP contribution in [0.3, 0.4) is 0 Å². The molecule has 3 rings (SSSR count). The Kier molecular flexibility index (Phi) is 6.46. The Bertz CT molecular complexity index is 1090. The van der Waals surface area contributed by atoms with Gasteiger partial charge in [0.05, 0.1) is 4.90 Å². The van der Waals surface area contributed by atoms with E-state index in [4.69, 9.17) is 0 Å². The fraction of sp³-hybridized carbons (Fsp3) is 0.174. The third-order valence-corrected chi connectivity index (χ3v) is 6.47. The second kappa shape index (κ2) is 9.03. The van der Waals surface area contributed by atoms with Crippen LogP contribution in [0.2, 0.25) is 0 Å². The summed E-state index contributed by atoms with van der Waals surface area (Å²) in [7, 11) is -0.614. The fourth-order valence-electron chi connectivity index (χ4n) is 3.03. The van der Waals surface area contributed by atoms with Crippen LogP contribution in [0.1, 0.15) is 21.5 Å². The number of sulfonamides is 1. The standard InChI is InChI=1S/C23H24N2O3S/c1-25(2)29(27,28)21-13-8-12-20(17-21)24-23(26)22-14-7-6-11-19(22)16-15-18-9-4-3-5-10-18/h3-14,17H,15-16H2,1-2H3,(H,24,26). The Morgan fingerprint density at radius 3 is 2.28 bits per heavy atom. The van der Waals surface area contributed by atoms with Crippen molar-refractivity contribution in [1.29, 1.82) is 0 Å². The Morgan fingerprint density at radius 1 is 0.862 bits per heavy atom. The molecule has 0 heterocycles. The maximum absolute atomic E-state index is 12.9. The van der Waals surface area contributed by atoms with Gasteiger partial charge < -0.3 is 5.32 Å². The van der Waals surface area contributed by atoms with Gasteiger partial charge in [0.15, 0.2) is 0 Å². The van der Waals surface area contributed by atoms with Crippen molar-refractivity contribution in [2.24, 2.45) is 0 Å². The van der Waals surface area contributed by atoms with Crippen molar-refractivity contribution >= 4 is 21.6 Å². The zero-order valence-corrected chi connectivity index (χ0v) is 17.3. The first-order chi connectivity index (χ1) is 13.9. The third kappa shape index (κ3) is 5.10. The number of nitrogens with zero attached hydrogens (tertiary/aromatic N) is 1. The molecule has 0 radical (unpaired) electrons. The number of rotatable bonds is 7. The van der Waals surface area contributed by atoms with Gasteiger partial charge in [0.1, 0.15) is 0 Å². The largest absolute Gasteiger partial charge is 0.322 e.